The lowest BCUT2D eigenvalue weighted by molar-refractivity contribution is -0.120. The molecular formula is C45H51FN12O4. The predicted octanol–water partition coefficient (Wildman–Crippen LogP) is 5.29. The van der Waals surface area contributed by atoms with Crippen molar-refractivity contribution in [1.82, 2.24) is 30.0 Å². The van der Waals surface area contributed by atoms with Gasteiger partial charge >= 0.3 is 6.03 Å². The number of allylic oxidation sites excluding steroid dienone is 3. The molecule has 5 aliphatic rings. The summed E-state index contributed by atoms with van der Waals surface area (Å²) in [6, 6.07) is 15.8. The van der Waals surface area contributed by atoms with Gasteiger partial charge in [0.05, 0.1) is 0 Å². The van der Waals surface area contributed by atoms with Gasteiger partial charge in [0.25, 0.3) is 11.8 Å². The number of carbonyl (C=O) groups excluding carboxylic acids is 4. The molecule has 4 aliphatic heterocycles. The van der Waals surface area contributed by atoms with Crippen LogP contribution in [0.5, 0.6) is 0 Å². The van der Waals surface area contributed by atoms with Crippen molar-refractivity contribution in [3.05, 3.63) is 94.2 Å². The molecule has 3 saturated heterocycles. The second-order valence-corrected chi connectivity index (χ2v) is 16.7. The summed E-state index contributed by atoms with van der Waals surface area (Å²) in [5.41, 5.74) is 12.7. The molecule has 0 atom stereocenters. The van der Waals surface area contributed by atoms with Crippen molar-refractivity contribution in [2.24, 2.45) is 11.7 Å². The van der Waals surface area contributed by atoms with Crippen LogP contribution in [0.1, 0.15) is 66.3 Å². The fraction of sp³-hybridized carbons (Fsp3) is 0.400. The molecule has 5 N–H and O–H groups in total. The van der Waals surface area contributed by atoms with Crippen LogP contribution in [0, 0.1) is 12.8 Å². The summed E-state index contributed by atoms with van der Waals surface area (Å²) in [6.45, 7) is 11.1. The number of hydrogen-bond acceptors (Lipinski definition) is 11. The number of urea groups is 1. The number of benzene rings is 2. The minimum atomic E-state index is -0.712. The van der Waals surface area contributed by atoms with Gasteiger partial charge in [-0.1, -0.05) is 0 Å². The van der Waals surface area contributed by atoms with Crippen LogP contribution in [0.4, 0.5) is 43.7 Å². The maximum atomic E-state index is 16.1. The first-order valence-electron chi connectivity index (χ1n) is 21.4. The number of carbonyl (C=O) groups is 4. The van der Waals surface area contributed by atoms with Crippen LogP contribution in [0.25, 0.3) is 5.57 Å². The van der Waals surface area contributed by atoms with E-state index in [4.69, 9.17) is 10.8 Å². The second-order valence-electron chi connectivity index (χ2n) is 16.7. The highest BCUT2D eigenvalue weighted by atomic mass is 19.1. The van der Waals surface area contributed by atoms with Crippen molar-refractivity contribution < 1.29 is 23.6 Å². The monoisotopic (exact) mass is 842 g/mol. The molecule has 0 radical (unpaired) electrons. The molecule has 0 saturated carbocycles. The van der Waals surface area contributed by atoms with E-state index in [1.807, 2.05) is 18.2 Å². The van der Waals surface area contributed by atoms with Gasteiger partial charge in [-0.05, 0) is 112 Å². The lowest BCUT2D eigenvalue weighted by Crippen LogP contribution is -2.49. The number of halogens is 1. The van der Waals surface area contributed by atoms with E-state index in [2.05, 4.69) is 64.9 Å². The van der Waals surface area contributed by atoms with Gasteiger partial charge in [-0.15, -0.1) is 0 Å². The van der Waals surface area contributed by atoms with E-state index in [1.165, 1.54) is 0 Å². The topological polar surface area (TPSA) is 187 Å². The summed E-state index contributed by atoms with van der Waals surface area (Å²) in [5, 5.41) is 13.2. The van der Waals surface area contributed by atoms with Crippen LogP contribution in [-0.4, -0.2) is 101 Å². The number of anilines is 6. The Kier molecular flexibility index (Phi) is 11.2. The Morgan fingerprint density at radius 1 is 0.839 bits per heavy atom. The fourth-order valence-electron chi connectivity index (χ4n) is 9.33. The minimum absolute atomic E-state index is 0.127. The molecule has 4 aromatic rings. The first-order chi connectivity index (χ1) is 30.0. The first kappa shape index (κ1) is 40.8. The van der Waals surface area contributed by atoms with E-state index in [9.17, 15) is 19.2 Å². The summed E-state index contributed by atoms with van der Waals surface area (Å²) in [7, 11) is 0. The predicted molar refractivity (Wildman–Crippen MR) is 235 cm³/mol. The third kappa shape index (κ3) is 8.23. The Balaban J connectivity index is 0.800. The number of nitrogens with two attached hydrogens (primary N) is 1. The van der Waals surface area contributed by atoms with E-state index in [0.29, 0.717) is 43.4 Å². The Labute approximate surface area is 359 Å². The minimum Gasteiger partial charge on any atom is -0.372 e. The number of nitrogens with one attached hydrogen (secondary N) is 3. The van der Waals surface area contributed by atoms with E-state index >= 15 is 4.39 Å². The zero-order valence-electron chi connectivity index (χ0n) is 35.0. The number of fused-ring (bicyclic) bond motifs is 2. The van der Waals surface area contributed by atoms with Crippen LogP contribution in [-0.2, 0) is 22.6 Å². The summed E-state index contributed by atoms with van der Waals surface area (Å²) >= 11 is 0. The lowest BCUT2D eigenvalue weighted by Gasteiger charge is -2.40. The molecule has 3 fully saturated rings. The molecule has 9 rings (SSSR count). The van der Waals surface area contributed by atoms with Gasteiger partial charge < -0.3 is 20.9 Å². The number of aromatic nitrogens is 4. The molecule has 0 bridgehead atoms. The van der Waals surface area contributed by atoms with E-state index in [-0.39, 0.29) is 58.7 Å². The van der Waals surface area contributed by atoms with Crippen molar-refractivity contribution in [3.63, 3.8) is 0 Å². The maximum Gasteiger partial charge on any atom is 0.328 e. The summed E-state index contributed by atoms with van der Waals surface area (Å²) in [5.74, 6) is -0.793. The van der Waals surface area contributed by atoms with E-state index in [1.54, 1.807) is 35.7 Å². The number of piperidine rings is 1. The van der Waals surface area contributed by atoms with Crippen LogP contribution < -0.4 is 36.4 Å². The molecule has 0 spiro atoms. The first-order valence-corrected chi connectivity index (χ1v) is 21.4. The molecule has 2 aromatic carbocycles. The molecule has 322 valence electrons. The highest BCUT2D eigenvalue weighted by molar-refractivity contribution is 6.07. The van der Waals surface area contributed by atoms with Crippen molar-refractivity contribution in [1.29, 1.82) is 0 Å². The molecule has 17 heteroatoms. The number of hydrogen-bond donors (Lipinski definition) is 4. The van der Waals surface area contributed by atoms with Gasteiger partial charge in [0, 0.05) is 111 Å². The Hall–Kier alpha value is -6.62. The number of nitrogens with zero attached hydrogens (tertiary/aromatic N) is 8. The number of primary amides is 1. The van der Waals surface area contributed by atoms with Gasteiger partial charge in [-0.2, -0.15) is 5.10 Å². The Morgan fingerprint density at radius 3 is 2.29 bits per heavy atom. The summed E-state index contributed by atoms with van der Waals surface area (Å²) in [4.78, 5) is 67.3. The molecule has 62 heavy (non-hydrogen) atoms. The van der Waals surface area contributed by atoms with E-state index < -0.39 is 17.6 Å². The quantitative estimate of drug-likeness (QED) is 0.172. The Morgan fingerprint density at radius 2 is 1.56 bits per heavy atom. The largest absolute Gasteiger partial charge is 0.372 e. The van der Waals surface area contributed by atoms with Crippen LogP contribution in [0.2, 0.25) is 0 Å². The zero-order valence-corrected chi connectivity index (χ0v) is 35.0. The number of piperazine rings is 1. The third-order valence-electron chi connectivity index (χ3n) is 12.8. The lowest BCUT2D eigenvalue weighted by atomic mass is 9.88. The zero-order chi connectivity index (χ0) is 43.1. The SMILES string of the molecule is CC1=C(C(=O)Nc2nccc(C)n2)CCC(c2nn3c(c2C(N)=O)Nc2ccc(N4CCN(CC5CCN(c6ccc(N7CCC(=O)NC7=O)cc6)CC5)CC4)cc2CC3)=C1F. The van der Waals surface area contributed by atoms with Gasteiger partial charge in [-0.3, -0.25) is 34.8 Å². The van der Waals surface area contributed by atoms with Gasteiger partial charge in [0.2, 0.25) is 11.9 Å². The average Bonchev–Trinajstić information content (AvgIpc) is 3.52. The highest BCUT2D eigenvalue weighted by Gasteiger charge is 2.33. The molecule has 6 heterocycles. The number of rotatable bonds is 9. The van der Waals surface area contributed by atoms with Crippen molar-refractivity contribution in [2.75, 3.05) is 77.7 Å². The number of imide groups is 1. The third-order valence-corrected chi connectivity index (χ3v) is 12.8. The normalized spacial score (nSPS) is 18.9. The van der Waals surface area contributed by atoms with Crippen LogP contribution in [0.15, 0.2) is 71.7 Å². The summed E-state index contributed by atoms with van der Waals surface area (Å²) in [6.07, 6.45) is 5.16. The molecule has 1 aliphatic carbocycles. The van der Waals surface area contributed by atoms with Crippen molar-refractivity contribution in [3.8, 4) is 0 Å². The molecule has 2 aromatic heterocycles. The molecule has 5 amide bonds. The number of aryl methyl sites for hydroxylation is 3. The van der Waals surface area contributed by atoms with Gasteiger partial charge in [-0.25, -0.2) is 23.8 Å². The molecule has 0 unspecified atom stereocenters. The Bertz CT molecular complexity index is 2500. The summed E-state index contributed by atoms with van der Waals surface area (Å²) < 4.78 is 17.8. The smallest absolute Gasteiger partial charge is 0.328 e. The number of amides is 5. The van der Waals surface area contributed by atoms with Gasteiger partial charge in [0.15, 0.2) is 0 Å². The van der Waals surface area contributed by atoms with Crippen LogP contribution >= 0.6 is 0 Å². The van der Waals surface area contributed by atoms with Crippen molar-refractivity contribution >= 4 is 63.8 Å². The fourth-order valence-corrected chi connectivity index (χ4v) is 9.33. The highest BCUT2D eigenvalue weighted by Crippen LogP contribution is 2.41. The van der Waals surface area contributed by atoms with E-state index in [0.717, 1.165) is 87.0 Å². The standard InChI is InChI=1S/C45H51FN12O4/c1-27-11-16-48-44(49-27)52-43(61)34-8-9-35(39(46)28(34)2)40-38(41(47)60)42-50-36-10-7-33(25-30(36)14-20-58(42)53-40)56-23-21-54(22-24-56)26-29-12-17-55(18-13-29)31-3-5-32(6-4-31)57-19-15-37(59)51-45(57)62/h3-7,10-11,16,25,29,50H,8-9,12-15,17-24,26H2,1-2H3,(H2,47,60)(H,51,59,62)(H,48,49,52,61). The average molecular weight is 843 g/mol. The van der Waals surface area contributed by atoms with Gasteiger partial charge in [0.1, 0.15) is 22.9 Å². The maximum absolute atomic E-state index is 16.1. The van der Waals surface area contributed by atoms with Crippen molar-refractivity contribution in [2.45, 2.75) is 58.9 Å². The van der Waals surface area contributed by atoms with Crippen LogP contribution in [0.3, 0.4) is 0 Å². The molecule has 16 nitrogen and oxygen atoms in total. The second kappa shape index (κ2) is 17.0. The molecular weight excluding hydrogens is 792 g/mol.